The molecule has 2 N–H and O–H groups in total. The van der Waals surface area contributed by atoms with E-state index in [1.54, 1.807) is 0 Å². The van der Waals surface area contributed by atoms with E-state index in [9.17, 15) is 14.4 Å². The van der Waals surface area contributed by atoms with Crippen LogP contribution >= 0.6 is 0 Å². The number of hydrogen-bond donors (Lipinski definition) is 2. The van der Waals surface area contributed by atoms with Gasteiger partial charge < -0.3 is 10.2 Å². The summed E-state index contributed by atoms with van der Waals surface area (Å²) in [6, 6.07) is 3.31. The van der Waals surface area contributed by atoms with Crippen molar-refractivity contribution in [1.82, 2.24) is 25.4 Å². The number of imide groups is 1. The quantitative estimate of drug-likeness (QED) is 0.701. The molecule has 1 aromatic heterocycles. The number of amides is 3. The molecule has 3 aliphatic heterocycles. The van der Waals surface area contributed by atoms with Crippen LogP contribution < -0.4 is 10.6 Å². The maximum atomic E-state index is 12.7. The van der Waals surface area contributed by atoms with Crippen molar-refractivity contribution in [3.05, 3.63) is 29.1 Å². The van der Waals surface area contributed by atoms with Gasteiger partial charge in [0.05, 0.1) is 5.69 Å². The molecule has 8 heteroatoms. The smallest absolute Gasteiger partial charge is 0.273 e. The van der Waals surface area contributed by atoms with Crippen molar-refractivity contribution in [2.45, 2.75) is 32.0 Å². The number of carbonyl (C=O) groups is 3. The highest BCUT2D eigenvalue weighted by Gasteiger charge is 2.39. The number of nitrogens with one attached hydrogen (secondary N) is 2. The summed E-state index contributed by atoms with van der Waals surface area (Å²) >= 11 is 0. The largest absolute Gasteiger partial charge is 0.321 e. The van der Waals surface area contributed by atoms with Crippen LogP contribution in [0.15, 0.2) is 12.1 Å². The Bertz CT molecular complexity index is 729. The van der Waals surface area contributed by atoms with Gasteiger partial charge in [0.25, 0.3) is 5.91 Å². The fourth-order valence-electron chi connectivity index (χ4n) is 3.65. The first kappa shape index (κ1) is 16.2. The molecule has 3 amide bonds. The van der Waals surface area contributed by atoms with Gasteiger partial charge in [-0.15, -0.1) is 0 Å². The first-order valence-corrected chi connectivity index (χ1v) is 8.68. The first-order valence-electron chi connectivity index (χ1n) is 8.68. The van der Waals surface area contributed by atoms with E-state index in [4.69, 9.17) is 0 Å². The minimum Gasteiger partial charge on any atom is -0.321 e. The van der Waals surface area contributed by atoms with Crippen LogP contribution in [0.5, 0.6) is 0 Å². The van der Waals surface area contributed by atoms with Crippen molar-refractivity contribution in [2.24, 2.45) is 0 Å². The maximum absolute atomic E-state index is 12.7. The number of nitrogens with zero attached hydrogens (tertiary/aromatic N) is 3. The average Bonchev–Trinajstić information content (AvgIpc) is 2.92. The maximum Gasteiger partial charge on any atom is 0.273 e. The highest BCUT2D eigenvalue weighted by Crippen LogP contribution is 2.26. The highest BCUT2D eigenvalue weighted by atomic mass is 16.2. The molecule has 1 unspecified atom stereocenters. The molecule has 25 heavy (non-hydrogen) atoms. The van der Waals surface area contributed by atoms with Crippen LogP contribution in [0, 0.1) is 0 Å². The SMILES string of the molecule is O=C1CCC(N2Cc3ccc(CN4CCNCC4)nc3C2=O)C(=O)N1. The first-order chi connectivity index (χ1) is 12.1. The predicted octanol–water partition coefficient (Wildman–Crippen LogP) is -0.752. The van der Waals surface area contributed by atoms with Gasteiger partial charge in [0.15, 0.2) is 0 Å². The Morgan fingerprint density at radius 1 is 1.16 bits per heavy atom. The molecule has 0 aliphatic carbocycles. The summed E-state index contributed by atoms with van der Waals surface area (Å²) in [7, 11) is 0. The number of carbonyl (C=O) groups excluding carboxylic acids is 3. The van der Waals surface area contributed by atoms with Crippen LogP contribution in [-0.4, -0.2) is 64.7 Å². The summed E-state index contributed by atoms with van der Waals surface area (Å²) in [6.45, 7) is 4.96. The molecular formula is C17H21N5O3. The van der Waals surface area contributed by atoms with Crippen molar-refractivity contribution >= 4 is 17.7 Å². The standard InChI is InChI=1S/C17H21N5O3/c23-14-4-3-13(16(24)20-14)22-9-11-1-2-12(19-15(11)17(22)25)10-21-7-5-18-6-8-21/h1-2,13,18H,3-10H2,(H,20,23,24). The van der Waals surface area contributed by atoms with Crippen molar-refractivity contribution in [3.63, 3.8) is 0 Å². The topological polar surface area (TPSA) is 94.6 Å². The van der Waals surface area contributed by atoms with Crippen LogP contribution in [-0.2, 0) is 22.7 Å². The predicted molar refractivity (Wildman–Crippen MR) is 88.4 cm³/mol. The summed E-state index contributed by atoms with van der Waals surface area (Å²) < 4.78 is 0. The number of piperidine rings is 1. The Balaban J connectivity index is 1.49. The molecule has 132 valence electrons. The number of aromatic nitrogens is 1. The number of fused-ring (bicyclic) bond motifs is 1. The summed E-state index contributed by atoms with van der Waals surface area (Å²) in [5, 5.41) is 5.63. The molecule has 4 rings (SSSR count). The van der Waals surface area contributed by atoms with Gasteiger partial charge in [0.2, 0.25) is 11.8 Å². The summed E-state index contributed by atoms with van der Waals surface area (Å²) in [4.78, 5) is 44.5. The number of pyridine rings is 1. The van der Waals surface area contributed by atoms with Gasteiger partial charge in [-0.2, -0.15) is 0 Å². The second kappa shape index (κ2) is 6.53. The second-order valence-corrected chi connectivity index (χ2v) is 6.74. The number of hydrogen-bond acceptors (Lipinski definition) is 6. The lowest BCUT2D eigenvalue weighted by Crippen LogP contribution is -2.52. The monoisotopic (exact) mass is 343 g/mol. The second-order valence-electron chi connectivity index (χ2n) is 6.74. The van der Waals surface area contributed by atoms with E-state index in [2.05, 4.69) is 20.5 Å². The third-order valence-corrected chi connectivity index (χ3v) is 5.02. The molecule has 0 spiro atoms. The molecule has 1 aromatic rings. The molecule has 8 nitrogen and oxygen atoms in total. The van der Waals surface area contributed by atoms with E-state index >= 15 is 0 Å². The molecule has 1 atom stereocenters. The number of piperazine rings is 1. The van der Waals surface area contributed by atoms with Gasteiger partial charge in [-0.1, -0.05) is 6.07 Å². The fraction of sp³-hybridized carbons (Fsp3) is 0.529. The molecular weight excluding hydrogens is 322 g/mol. The zero-order valence-electron chi connectivity index (χ0n) is 14.0. The Hall–Kier alpha value is -2.32. The van der Waals surface area contributed by atoms with E-state index in [1.807, 2.05) is 12.1 Å². The molecule has 2 fully saturated rings. The van der Waals surface area contributed by atoms with Gasteiger partial charge in [0, 0.05) is 51.3 Å². The third kappa shape index (κ3) is 3.14. The van der Waals surface area contributed by atoms with E-state index in [0.29, 0.717) is 18.7 Å². The highest BCUT2D eigenvalue weighted by molar-refractivity contribution is 6.04. The van der Waals surface area contributed by atoms with Crippen LogP contribution in [0.1, 0.15) is 34.6 Å². The third-order valence-electron chi connectivity index (χ3n) is 5.02. The van der Waals surface area contributed by atoms with Crippen molar-refractivity contribution < 1.29 is 14.4 Å². The summed E-state index contributed by atoms with van der Waals surface area (Å²) in [6.07, 6.45) is 0.635. The zero-order valence-corrected chi connectivity index (χ0v) is 14.0. The molecule has 0 saturated carbocycles. The summed E-state index contributed by atoms with van der Waals surface area (Å²) in [5.74, 6) is -0.882. The van der Waals surface area contributed by atoms with Crippen LogP contribution in [0.2, 0.25) is 0 Å². The fourth-order valence-corrected chi connectivity index (χ4v) is 3.65. The van der Waals surface area contributed by atoms with Crippen molar-refractivity contribution in [2.75, 3.05) is 26.2 Å². The van der Waals surface area contributed by atoms with E-state index in [0.717, 1.165) is 44.0 Å². The van der Waals surface area contributed by atoms with Gasteiger partial charge in [-0.3, -0.25) is 24.6 Å². The zero-order chi connectivity index (χ0) is 17.4. The average molecular weight is 343 g/mol. The molecule has 3 aliphatic rings. The van der Waals surface area contributed by atoms with E-state index in [1.165, 1.54) is 4.90 Å². The Labute approximate surface area is 145 Å². The lowest BCUT2D eigenvalue weighted by molar-refractivity contribution is -0.136. The lowest BCUT2D eigenvalue weighted by atomic mass is 10.0. The van der Waals surface area contributed by atoms with Gasteiger partial charge >= 0.3 is 0 Å². The summed E-state index contributed by atoms with van der Waals surface area (Å²) in [5.41, 5.74) is 2.16. The Kier molecular flexibility index (Phi) is 4.22. The Morgan fingerprint density at radius 3 is 2.72 bits per heavy atom. The number of rotatable bonds is 3. The Morgan fingerprint density at radius 2 is 1.96 bits per heavy atom. The molecule has 4 heterocycles. The minimum atomic E-state index is -0.587. The molecule has 0 aromatic carbocycles. The molecule has 2 saturated heterocycles. The minimum absolute atomic E-state index is 0.216. The van der Waals surface area contributed by atoms with Gasteiger partial charge in [0.1, 0.15) is 11.7 Å². The normalized spacial score (nSPS) is 24.4. The van der Waals surface area contributed by atoms with Crippen LogP contribution in [0.4, 0.5) is 0 Å². The van der Waals surface area contributed by atoms with E-state index in [-0.39, 0.29) is 18.2 Å². The van der Waals surface area contributed by atoms with E-state index < -0.39 is 11.9 Å². The van der Waals surface area contributed by atoms with Crippen LogP contribution in [0.25, 0.3) is 0 Å². The molecule has 0 radical (unpaired) electrons. The lowest BCUT2D eigenvalue weighted by Gasteiger charge is -2.29. The van der Waals surface area contributed by atoms with Crippen molar-refractivity contribution in [1.29, 1.82) is 0 Å². The van der Waals surface area contributed by atoms with Crippen LogP contribution in [0.3, 0.4) is 0 Å². The van der Waals surface area contributed by atoms with Gasteiger partial charge in [-0.05, 0) is 12.5 Å². The van der Waals surface area contributed by atoms with Crippen molar-refractivity contribution in [3.8, 4) is 0 Å². The van der Waals surface area contributed by atoms with Gasteiger partial charge in [-0.25, -0.2) is 4.98 Å². The molecule has 0 bridgehead atoms.